The van der Waals surface area contributed by atoms with E-state index in [4.69, 9.17) is 0 Å². The standard InChI is InChI=1S/C15H18Br2N4/c1-20-5-3-11(4-6-20)21(2)15-12-7-10(16)8-13(17)14(12)18-9-19-15/h7-9,11H,3-6H2,1-2H3. The van der Waals surface area contributed by atoms with Crippen LogP contribution in [0.25, 0.3) is 10.9 Å². The summed E-state index contributed by atoms with van der Waals surface area (Å²) in [6.45, 7) is 2.29. The van der Waals surface area contributed by atoms with Crippen LogP contribution in [0.3, 0.4) is 0 Å². The molecule has 0 atom stereocenters. The fourth-order valence-corrected chi connectivity index (χ4v) is 4.24. The van der Waals surface area contributed by atoms with E-state index < -0.39 is 0 Å². The minimum atomic E-state index is 0.539. The van der Waals surface area contributed by atoms with Gasteiger partial charge in [0.15, 0.2) is 0 Å². The number of hydrogen-bond acceptors (Lipinski definition) is 4. The SMILES string of the molecule is CN1CCC(N(C)c2ncnc3c(Br)cc(Br)cc23)CC1. The van der Waals surface area contributed by atoms with Crippen LogP contribution in [0, 0.1) is 0 Å². The second-order valence-corrected chi connectivity index (χ2v) is 7.40. The average molecular weight is 414 g/mol. The zero-order valence-electron chi connectivity index (χ0n) is 12.2. The van der Waals surface area contributed by atoms with Crippen LogP contribution in [0.1, 0.15) is 12.8 Å². The molecular weight excluding hydrogens is 396 g/mol. The molecule has 6 heteroatoms. The van der Waals surface area contributed by atoms with Crippen LogP contribution < -0.4 is 4.90 Å². The molecular formula is C15H18Br2N4. The molecule has 1 fully saturated rings. The van der Waals surface area contributed by atoms with Crippen molar-refractivity contribution in [2.24, 2.45) is 0 Å². The lowest BCUT2D eigenvalue weighted by Gasteiger charge is -2.36. The van der Waals surface area contributed by atoms with Gasteiger partial charge in [0, 0.05) is 27.4 Å². The van der Waals surface area contributed by atoms with E-state index in [0.717, 1.165) is 38.8 Å². The highest BCUT2D eigenvalue weighted by atomic mass is 79.9. The fourth-order valence-electron chi connectivity index (χ4n) is 2.91. The van der Waals surface area contributed by atoms with Crippen LogP contribution in [-0.4, -0.2) is 48.1 Å². The summed E-state index contributed by atoms with van der Waals surface area (Å²) in [4.78, 5) is 13.7. The molecule has 0 N–H and O–H groups in total. The lowest BCUT2D eigenvalue weighted by molar-refractivity contribution is 0.252. The van der Waals surface area contributed by atoms with Crippen molar-refractivity contribution in [1.29, 1.82) is 0 Å². The Kier molecular flexibility index (Phi) is 4.47. The molecule has 1 aliphatic heterocycles. The van der Waals surface area contributed by atoms with Crippen molar-refractivity contribution in [3.63, 3.8) is 0 Å². The topological polar surface area (TPSA) is 32.3 Å². The molecule has 112 valence electrons. The van der Waals surface area contributed by atoms with E-state index in [2.05, 4.69) is 71.8 Å². The van der Waals surface area contributed by atoms with Crippen LogP contribution in [0.4, 0.5) is 5.82 Å². The molecule has 1 aromatic heterocycles. The first-order valence-electron chi connectivity index (χ1n) is 7.07. The van der Waals surface area contributed by atoms with Gasteiger partial charge in [-0.1, -0.05) is 15.9 Å². The normalized spacial score (nSPS) is 17.3. The van der Waals surface area contributed by atoms with Crippen molar-refractivity contribution in [2.45, 2.75) is 18.9 Å². The summed E-state index contributed by atoms with van der Waals surface area (Å²) < 4.78 is 2.03. The molecule has 0 amide bonds. The predicted molar refractivity (Wildman–Crippen MR) is 93.9 cm³/mol. The number of aromatic nitrogens is 2. The second-order valence-electron chi connectivity index (χ2n) is 5.63. The molecule has 1 aromatic carbocycles. The summed E-state index contributed by atoms with van der Waals surface area (Å²) in [6.07, 6.45) is 4.00. The maximum atomic E-state index is 4.54. The highest BCUT2D eigenvalue weighted by Crippen LogP contribution is 2.33. The van der Waals surface area contributed by atoms with E-state index in [1.807, 2.05) is 6.07 Å². The van der Waals surface area contributed by atoms with Crippen molar-refractivity contribution < 1.29 is 0 Å². The zero-order chi connectivity index (χ0) is 15.0. The molecule has 0 bridgehead atoms. The molecule has 3 rings (SSSR count). The minimum Gasteiger partial charge on any atom is -0.356 e. The molecule has 2 aromatic rings. The van der Waals surface area contributed by atoms with E-state index in [1.54, 1.807) is 6.33 Å². The van der Waals surface area contributed by atoms with Gasteiger partial charge in [0.1, 0.15) is 12.1 Å². The first-order chi connectivity index (χ1) is 10.1. The summed E-state index contributed by atoms with van der Waals surface area (Å²) in [5.41, 5.74) is 0.961. The molecule has 0 radical (unpaired) electrons. The zero-order valence-corrected chi connectivity index (χ0v) is 15.4. The predicted octanol–water partition coefficient (Wildman–Crippen LogP) is 3.69. The van der Waals surface area contributed by atoms with E-state index in [9.17, 15) is 0 Å². The first-order valence-corrected chi connectivity index (χ1v) is 8.66. The molecule has 2 heterocycles. The Bertz CT molecular complexity index is 653. The van der Waals surface area contributed by atoms with Gasteiger partial charge in [-0.05, 0) is 61.0 Å². The third-order valence-electron chi connectivity index (χ3n) is 4.21. The Morgan fingerprint density at radius 1 is 1.19 bits per heavy atom. The van der Waals surface area contributed by atoms with Crippen LogP contribution in [-0.2, 0) is 0 Å². The number of nitrogens with zero attached hydrogens (tertiary/aromatic N) is 4. The van der Waals surface area contributed by atoms with Crippen molar-refractivity contribution in [2.75, 3.05) is 32.1 Å². The Labute approximate surface area is 141 Å². The number of hydrogen-bond donors (Lipinski definition) is 0. The van der Waals surface area contributed by atoms with E-state index in [1.165, 1.54) is 12.8 Å². The molecule has 1 saturated heterocycles. The van der Waals surface area contributed by atoms with Gasteiger partial charge in [0.25, 0.3) is 0 Å². The molecule has 4 nitrogen and oxygen atoms in total. The second kappa shape index (κ2) is 6.18. The third kappa shape index (κ3) is 3.07. The monoisotopic (exact) mass is 412 g/mol. The van der Waals surface area contributed by atoms with Gasteiger partial charge in [0.2, 0.25) is 0 Å². The van der Waals surface area contributed by atoms with Gasteiger partial charge < -0.3 is 9.80 Å². The first kappa shape index (κ1) is 15.2. The number of benzene rings is 1. The van der Waals surface area contributed by atoms with E-state index >= 15 is 0 Å². The highest BCUT2D eigenvalue weighted by Gasteiger charge is 2.23. The fraction of sp³-hybridized carbons (Fsp3) is 0.467. The highest BCUT2D eigenvalue weighted by molar-refractivity contribution is 9.11. The lowest BCUT2D eigenvalue weighted by Crippen LogP contribution is -2.42. The van der Waals surface area contributed by atoms with Crippen molar-refractivity contribution in [3.8, 4) is 0 Å². The third-order valence-corrected chi connectivity index (χ3v) is 5.27. The van der Waals surface area contributed by atoms with Gasteiger partial charge >= 0.3 is 0 Å². The van der Waals surface area contributed by atoms with Crippen molar-refractivity contribution in [3.05, 3.63) is 27.4 Å². The number of rotatable bonds is 2. The molecule has 0 aliphatic carbocycles. The lowest BCUT2D eigenvalue weighted by atomic mass is 10.0. The summed E-state index contributed by atoms with van der Waals surface area (Å²) in [5.74, 6) is 1.01. The summed E-state index contributed by atoms with van der Waals surface area (Å²) in [6, 6.07) is 4.66. The molecule has 0 unspecified atom stereocenters. The Morgan fingerprint density at radius 3 is 2.62 bits per heavy atom. The van der Waals surface area contributed by atoms with E-state index in [0.29, 0.717) is 6.04 Å². The Hall–Kier alpha value is -0.720. The van der Waals surface area contributed by atoms with E-state index in [-0.39, 0.29) is 0 Å². The van der Waals surface area contributed by atoms with Crippen LogP contribution >= 0.6 is 31.9 Å². The Balaban J connectivity index is 2.00. The summed E-state index contributed by atoms with van der Waals surface area (Å²) >= 11 is 7.15. The summed E-state index contributed by atoms with van der Waals surface area (Å²) in [7, 11) is 4.33. The maximum Gasteiger partial charge on any atom is 0.139 e. The molecule has 1 aliphatic rings. The maximum absolute atomic E-state index is 4.54. The molecule has 21 heavy (non-hydrogen) atoms. The average Bonchev–Trinajstić information content (AvgIpc) is 2.46. The van der Waals surface area contributed by atoms with Crippen LogP contribution in [0.15, 0.2) is 27.4 Å². The Morgan fingerprint density at radius 2 is 1.90 bits per heavy atom. The quantitative estimate of drug-likeness (QED) is 0.751. The van der Waals surface area contributed by atoms with Gasteiger partial charge in [0.05, 0.1) is 5.52 Å². The van der Waals surface area contributed by atoms with Crippen molar-refractivity contribution in [1.82, 2.24) is 14.9 Å². The van der Waals surface area contributed by atoms with Gasteiger partial charge in [-0.2, -0.15) is 0 Å². The van der Waals surface area contributed by atoms with Gasteiger partial charge in [-0.3, -0.25) is 0 Å². The number of likely N-dealkylation sites (tertiary alicyclic amines) is 1. The smallest absolute Gasteiger partial charge is 0.139 e. The number of fused-ring (bicyclic) bond motifs is 1. The van der Waals surface area contributed by atoms with Crippen LogP contribution in [0.2, 0.25) is 0 Å². The number of piperidine rings is 1. The molecule has 0 spiro atoms. The number of anilines is 1. The minimum absolute atomic E-state index is 0.539. The number of halogens is 2. The van der Waals surface area contributed by atoms with Crippen LogP contribution in [0.5, 0.6) is 0 Å². The van der Waals surface area contributed by atoms with Gasteiger partial charge in [-0.25, -0.2) is 9.97 Å². The van der Waals surface area contributed by atoms with Crippen molar-refractivity contribution >= 4 is 48.6 Å². The summed E-state index contributed by atoms with van der Waals surface area (Å²) in [5, 5.41) is 1.08. The largest absolute Gasteiger partial charge is 0.356 e. The molecule has 0 saturated carbocycles. The van der Waals surface area contributed by atoms with Gasteiger partial charge in [-0.15, -0.1) is 0 Å².